The van der Waals surface area contributed by atoms with Crippen molar-refractivity contribution >= 4 is 44.1 Å². The van der Waals surface area contributed by atoms with Crippen molar-refractivity contribution in [2.24, 2.45) is 0 Å². The Bertz CT molecular complexity index is 1110. The number of amides is 1. The van der Waals surface area contributed by atoms with E-state index in [-0.39, 0.29) is 5.91 Å². The number of fused-ring (bicyclic) bond motifs is 2. The molecule has 6 heteroatoms. The van der Waals surface area contributed by atoms with Gasteiger partial charge < -0.3 is 16.0 Å². The highest BCUT2D eigenvalue weighted by molar-refractivity contribution is 7.21. The van der Waals surface area contributed by atoms with Crippen LogP contribution in [-0.4, -0.2) is 22.4 Å². The molecule has 0 spiro atoms. The molecule has 0 fully saturated rings. The first kappa shape index (κ1) is 17.5. The summed E-state index contributed by atoms with van der Waals surface area (Å²) < 4.78 is 0. The second-order valence-corrected chi connectivity index (χ2v) is 7.61. The lowest BCUT2D eigenvalue weighted by Crippen LogP contribution is -2.25. The maximum atomic E-state index is 12.6. The van der Waals surface area contributed by atoms with Crippen molar-refractivity contribution in [2.45, 2.75) is 26.2 Å². The van der Waals surface area contributed by atoms with Crippen LogP contribution in [0, 0.1) is 0 Å². The fourth-order valence-electron chi connectivity index (χ4n) is 3.33. The minimum atomic E-state index is -0.132. The molecule has 0 atom stereocenters. The van der Waals surface area contributed by atoms with E-state index in [1.807, 2.05) is 30.5 Å². The number of para-hydroxylation sites is 1. The van der Waals surface area contributed by atoms with Crippen molar-refractivity contribution in [2.75, 3.05) is 12.3 Å². The molecule has 4 N–H and O–H groups in total. The van der Waals surface area contributed by atoms with Crippen molar-refractivity contribution in [3.05, 3.63) is 58.7 Å². The number of aromatic amines is 1. The second-order valence-electron chi connectivity index (χ2n) is 6.62. The molecular formula is C21H22N4OS. The predicted octanol–water partition coefficient (Wildman–Crippen LogP) is 4.28. The number of pyridine rings is 1. The first-order valence-electron chi connectivity index (χ1n) is 9.18. The minimum absolute atomic E-state index is 0.132. The van der Waals surface area contributed by atoms with E-state index in [9.17, 15) is 4.79 Å². The minimum Gasteiger partial charge on any atom is -0.397 e. The lowest BCUT2D eigenvalue weighted by Gasteiger charge is -2.04. The van der Waals surface area contributed by atoms with E-state index >= 15 is 0 Å². The molecule has 0 aliphatic carbocycles. The molecule has 0 bridgehead atoms. The molecule has 0 aliphatic rings. The topological polar surface area (TPSA) is 83.8 Å². The molecule has 27 heavy (non-hydrogen) atoms. The molecule has 0 aliphatic heterocycles. The smallest absolute Gasteiger partial charge is 0.263 e. The highest BCUT2D eigenvalue weighted by Gasteiger charge is 2.17. The Kier molecular flexibility index (Phi) is 4.81. The van der Waals surface area contributed by atoms with Crippen LogP contribution >= 0.6 is 11.3 Å². The van der Waals surface area contributed by atoms with E-state index in [2.05, 4.69) is 34.3 Å². The van der Waals surface area contributed by atoms with Gasteiger partial charge in [0.2, 0.25) is 0 Å². The molecule has 0 saturated heterocycles. The maximum Gasteiger partial charge on any atom is 0.263 e. The van der Waals surface area contributed by atoms with E-state index in [0.717, 1.165) is 40.7 Å². The summed E-state index contributed by atoms with van der Waals surface area (Å²) in [6.07, 6.45) is 4.74. The zero-order valence-electron chi connectivity index (χ0n) is 15.2. The Morgan fingerprint density at radius 1 is 1.19 bits per heavy atom. The van der Waals surface area contributed by atoms with Gasteiger partial charge in [-0.25, -0.2) is 4.98 Å². The Labute approximate surface area is 161 Å². The van der Waals surface area contributed by atoms with Crippen LogP contribution < -0.4 is 11.1 Å². The van der Waals surface area contributed by atoms with Gasteiger partial charge in [-0.3, -0.25) is 4.79 Å². The van der Waals surface area contributed by atoms with Gasteiger partial charge >= 0.3 is 0 Å². The third kappa shape index (κ3) is 3.40. The molecule has 0 saturated carbocycles. The SMILES string of the molecule is CCCc1ccc2c(N)c(C(=O)NCCc3c[nH]c4ccccc34)sc2n1. The summed E-state index contributed by atoms with van der Waals surface area (Å²) in [7, 11) is 0. The van der Waals surface area contributed by atoms with Gasteiger partial charge in [-0.15, -0.1) is 11.3 Å². The van der Waals surface area contributed by atoms with Gasteiger partial charge in [0.25, 0.3) is 5.91 Å². The van der Waals surface area contributed by atoms with Gasteiger partial charge in [-0.2, -0.15) is 0 Å². The van der Waals surface area contributed by atoms with Gasteiger partial charge in [-0.05, 0) is 36.6 Å². The number of hydrogen-bond acceptors (Lipinski definition) is 4. The number of carbonyl (C=O) groups excluding carboxylic acids is 1. The van der Waals surface area contributed by atoms with E-state index in [4.69, 9.17) is 5.73 Å². The van der Waals surface area contributed by atoms with E-state index < -0.39 is 0 Å². The first-order chi connectivity index (χ1) is 13.2. The van der Waals surface area contributed by atoms with E-state index in [1.165, 1.54) is 22.3 Å². The molecule has 0 unspecified atom stereocenters. The van der Waals surface area contributed by atoms with Gasteiger partial charge in [0.05, 0.1) is 5.69 Å². The summed E-state index contributed by atoms with van der Waals surface area (Å²) in [6.45, 7) is 2.68. The van der Waals surface area contributed by atoms with Gasteiger partial charge in [0.1, 0.15) is 9.71 Å². The Hall–Kier alpha value is -2.86. The van der Waals surface area contributed by atoms with Crippen LogP contribution in [0.25, 0.3) is 21.1 Å². The van der Waals surface area contributed by atoms with Crippen LogP contribution in [0.1, 0.15) is 34.3 Å². The van der Waals surface area contributed by atoms with Gasteiger partial charge in [0, 0.05) is 34.7 Å². The van der Waals surface area contributed by atoms with Crippen molar-refractivity contribution < 1.29 is 4.79 Å². The summed E-state index contributed by atoms with van der Waals surface area (Å²) in [5.74, 6) is -0.132. The van der Waals surface area contributed by atoms with Crippen molar-refractivity contribution in [1.29, 1.82) is 0 Å². The van der Waals surface area contributed by atoms with Crippen molar-refractivity contribution in [3.8, 4) is 0 Å². The number of benzene rings is 1. The largest absolute Gasteiger partial charge is 0.397 e. The van der Waals surface area contributed by atoms with Crippen LogP contribution in [0.15, 0.2) is 42.6 Å². The number of anilines is 1. The van der Waals surface area contributed by atoms with Crippen LogP contribution in [0.4, 0.5) is 5.69 Å². The van der Waals surface area contributed by atoms with E-state index in [1.54, 1.807) is 0 Å². The highest BCUT2D eigenvalue weighted by Crippen LogP contribution is 2.32. The average Bonchev–Trinajstić information content (AvgIpc) is 3.23. The summed E-state index contributed by atoms with van der Waals surface area (Å²) in [4.78, 5) is 21.9. The molecular weight excluding hydrogens is 356 g/mol. The number of nitrogens with zero attached hydrogens (tertiary/aromatic N) is 1. The van der Waals surface area contributed by atoms with Crippen LogP contribution in [0.3, 0.4) is 0 Å². The number of nitrogens with one attached hydrogen (secondary N) is 2. The summed E-state index contributed by atoms with van der Waals surface area (Å²) in [5, 5.41) is 5.05. The number of rotatable bonds is 6. The Balaban J connectivity index is 1.47. The normalized spacial score (nSPS) is 11.3. The molecule has 1 aromatic carbocycles. The first-order valence-corrected chi connectivity index (χ1v) is 10.00. The molecule has 5 nitrogen and oxygen atoms in total. The molecule has 138 valence electrons. The lowest BCUT2D eigenvalue weighted by atomic mass is 10.1. The molecule has 3 heterocycles. The number of carbonyl (C=O) groups is 1. The zero-order valence-corrected chi connectivity index (χ0v) is 16.0. The quantitative estimate of drug-likeness (QED) is 0.468. The Morgan fingerprint density at radius 2 is 2.04 bits per heavy atom. The highest BCUT2D eigenvalue weighted by atomic mass is 32.1. The van der Waals surface area contributed by atoms with Crippen molar-refractivity contribution in [3.63, 3.8) is 0 Å². The van der Waals surface area contributed by atoms with Crippen LogP contribution in [-0.2, 0) is 12.8 Å². The Morgan fingerprint density at radius 3 is 2.89 bits per heavy atom. The third-order valence-corrected chi connectivity index (χ3v) is 5.83. The number of nitrogens with two attached hydrogens (primary N) is 1. The summed E-state index contributed by atoms with van der Waals surface area (Å²) in [6, 6.07) is 12.1. The number of thiophene rings is 1. The molecule has 0 radical (unpaired) electrons. The summed E-state index contributed by atoms with van der Waals surface area (Å²) >= 11 is 1.37. The standard InChI is InChI=1S/C21H22N4OS/c1-2-5-14-8-9-16-18(22)19(27-21(16)25-14)20(26)23-11-10-13-12-24-17-7-4-3-6-15(13)17/h3-4,6-9,12,24H,2,5,10-11,22H2,1H3,(H,23,26). The number of H-pyrrole nitrogens is 1. The molecule has 4 rings (SSSR count). The maximum absolute atomic E-state index is 12.6. The molecule has 4 aromatic rings. The number of aromatic nitrogens is 2. The number of nitrogen functional groups attached to an aromatic ring is 1. The third-order valence-electron chi connectivity index (χ3n) is 4.72. The van der Waals surface area contributed by atoms with Crippen LogP contribution in [0.2, 0.25) is 0 Å². The number of hydrogen-bond donors (Lipinski definition) is 3. The molecule has 3 aromatic heterocycles. The molecule has 1 amide bonds. The van der Waals surface area contributed by atoms with E-state index in [0.29, 0.717) is 17.1 Å². The van der Waals surface area contributed by atoms with Crippen molar-refractivity contribution in [1.82, 2.24) is 15.3 Å². The fourth-order valence-corrected chi connectivity index (χ4v) is 4.36. The zero-order chi connectivity index (χ0) is 18.8. The summed E-state index contributed by atoms with van der Waals surface area (Å²) in [5.41, 5.74) is 10.1. The fraction of sp³-hybridized carbons (Fsp3) is 0.238. The second kappa shape index (κ2) is 7.40. The lowest BCUT2D eigenvalue weighted by molar-refractivity contribution is 0.0959. The van der Waals surface area contributed by atoms with Crippen LogP contribution in [0.5, 0.6) is 0 Å². The van der Waals surface area contributed by atoms with Gasteiger partial charge in [-0.1, -0.05) is 31.5 Å². The number of aryl methyl sites for hydroxylation is 1. The predicted molar refractivity (Wildman–Crippen MR) is 112 cm³/mol. The average molecular weight is 379 g/mol. The van der Waals surface area contributed by atoms with Gasteiger partial charge in [0.15, 0.2) is 0 Å². The monoisotopic (exact) mass is 378 g/mol.